The van der Waals surface area contributed by atoms with Crippen LogP contribution in [-0.2, 0) is 4.74 Å². The largest absolute Gasteiger partial charge is 0.444 e. The molecule has 0 aromatic rings. The topological polar surface area (TPSA) is 41.6 Å². The molecular formula is C13H24N2O2S. The molecule has 2 saturated heterocycles. The number of hydrogen-bond acceptors (Lipinski definition) is 4. The second kappa shape index (κ2) is 5.70. The van der Waals surface area contributed by atoms with E-state index >= 15 is 0 Å². The van der Waals surface area contributed by atoms with Crippen molar-refractivity contribution < 1.29 is 9.53 Å². The molecule has 2 fully saturated rings. The summed E-state index contributed by atoms with van der Waals surface area (Å²) in [5, 5.41) is 3.40. The Morgan fingerprint density at radius 1 is 1.44 bits per heavy atom. The van der Waals surface area contributed by atoms with Crippen LogP contribution in [0, 0.1) is 5.92 Å². The quantitative estimate of drug-likeness (QED) is 0.792. The van der Waals surface area contributed by atoms with Crippen molar-refractivity contribution in [3.63, 3.8) is 0 Å². The minimum absolute atomic E-state index is 0.147. The molecule has 18 heavy (non-hydrogen) atoms. The van der Waals surface area contributed by atoms with Gasteiger partial charge in [0.15, 0.2) is 0 Å². The van der Waals surface area contributed by atoms with E-state index in [1.807, 2.05) is 37.4 Å². The molecule has 0 radical (unpaired) electrons. The van der Waals surface area contributed by atoms with E-state index in [9.17, 15) is 4.79 Å². The van der Waals surface area contributed by atoms with Crippen molar-refractivity contribution in [3.8, 4) is 0 Å². The number of rotatable bonds is 1. The van der Waals surface area contributed by atoms with Gasteiger partial charge in [-0.25, -0.2) is 4.79 Å². The van der Waals surface area contributed by atoms with Gasteiger partial charge in [0, 0.05) is 19.6 Å². The average molecular weight is 272 g/mol. The average Bonchev–Trinajstić information content (AvgIpc) is 2.80. The van der Waals surface area contributed by atoms with Gasteiger partial charge in [-0.3, -0.25) is 0 Å². The molecular weight excluding hydrogens is 248 g/mol. The zero-order valence-electron chi connectivity index (χ0n) is 11.6. The van der Waals surface area contributed by atoms with Gasteiger partial charge in [-0.15, -0.1) is 0 Å². The van der Waals surface area contributed by atoms with Crippen LogP contribution in [0.15, 0.2) is 0 Å². The molecule has 0 bridgehead atoms. The molecule has 2 aliphatic heterocycles. The summed E-state index contributed by atoms with van der Waals surface area (Å²) in [6.07, 6.45) is 1.07. The molecule has 1 N–H and O–H groups in total. The Balaban J connectivity index is 2.00. The predicted molar refractivity (Wildman–Crippen MR) is 75.0 cm³/mol. The smallest absolute Gasteiger partial charge is 0.410 e. The second-order valence-electron chi connectivity index (χ2n) is 6.07. The lowest BCUT2D eigenvalue weighted by Gasteiger charge is -2.39. The summed E-state index contributed by atoms with van der Waals surface area (Å²) in [6.45, 7) is 8.31. The van der Waals surface area contributed by atoms with Gasteiger partial charge in [-0.1, -0.05) is 0 Å². The van der Waals surface area contributed by atoms with Crippen molar-refractivity contribution in [3.05, 3.63) is 0 Å². The highest BCUT2D eigenvalue weighted by atomic mass is 32.2. The van der Waals surface area contributed by atoms with Crippen molar-refractivity contribution in [2.24, 2.45) is 5.92 Å². The maximum atomic E-state index is 12.2. The van der Waals surface area contributed by atoms with Gasteiger partial charge in [0.25, 0.3) is 0 Å². The third kappa shape index (κ3) is 3.54. The van der Waals surface area contributed by atoms with E-state index in [0.717, 1.165) is 19.6 Å². The highest BCUT2D eigenvalue weighted by molar-refractivity contribution is 7.99. The van der Waals surface area contributed by atoms with E-state index in [0.29, 0.717) is 12.0 Å². The molecule has 2 heterocycles. The Labute approximate surface area is 114 Å². The maximum Gasteiger partial charge on any atom is 0.410 e. The minimum Gasteiger partial charge on any atom is -0.444 e. The van der Waals surface area contributed by atoms with E-state index in [-0.39, 0.29) is 6.09 Å². The van der Waals surface area contributed by atoms with Crippen LogP contribution in [0.4, 0.5) is 4.79 Å². The predicted octanol–water partition coefficient (Wildman–Crippen LogP) is 1.95. The van der Waals surface area contributed by atoms with Crippen LogP contribution < -0.4 is 5.32 Å². The van der Waals surface area contributed by atoms with E-state index in [2.05, 4.69) is 5.32 Å². The van der Waals surface area contributed by atoms with Crippen molar-refractivity contribution in [2.75, 3.05) is 31.1 Å². The third-order valence-electron chi connectivity index (χ3n) is 3.42. The second-order valence-corrected chi connectivity index (χ2v) is 7.22. The third-order valence-corrected chi connectivity index (χ3v) is 4.61. The molecule has 0 saturated carbocycles. The van der Waals surface area contributed by atoms with Crippen LogP contribution in [0.2, 0.25) is 0 Å². The first-order valence-electron chi connectivity index (χ1n) is 6.75. The molecule has 104 valence electrons. The number of amides is 1. The summed E-state index contributed by atoms with van der Waals surface area (Å²) in [4.78, 5) is 14.2. The number of piperazine rings is 1. The highest BCUT2D eigenvalue weighted by Crippen LogP contribution is 2.30. The summed E-state index contributed by atoms with van der Waals surface area (Å²) >= 11 is 2.00. The number of hydrogen-bond donors (Lipinski definition) is 1. The van der Waals surface area contributed by atoms with Gasteiger partial charge in [0.05, 0.1) is 6.04 Å². The lowest BCUT2D eigenvalue weighted by Crippen LogP contribution is -2.57. The molecule has 0 aromatic carbocycles. The first-order chi connectivity index (χ1) is 8.47. The van der Waals surface area contributed by atoms with Crippen molar-refractivity contribution in [1.82, 2.24) is 10.2 Å². The number of thioether (sulfide) groups is 1. The molecule has 2 unspecified atom stereocenters. The summed E-state index contributed by atoms with van der Waals surface area (Å²) in [5.41, 5.74) is -0.406. The molecule has 0 aromatic heterocycles. The molecule has 2 aliphatic rings. The number of ether oxygens (including phenoxy) is 1. The number of carbonyl (C=O) groups is 1. The fraction of sp³-hybridized carbons (Fsp3) is 0.923. The Bertz CT molecular complexity index is 298. The molecule has 1 amide bonds. The summed E-state index contributed by atoms with van der Waals surface area (Å²) in [7, 11) is 0. The van der Waals surface area contributed by atoms with Crippen molar-refractivity contribution in [2.45, 2.75) is 38.8 Å². The summed E-state index contributed by atoms with van der Waals surface area (Å²) in [6, 6.07) is 0.309. The van der Waals surface area contributed by atoms with Gasteiger partial charge >= 0.3 is 6.09 Å². The fourth-order valence-corrected chi connectivity index (χ4v) is 3.88. The Kier molecular flexibility index (Phi) is 4.43. The van der Waals surface area contributed by atoms with E-state index in [1.54, 1.807) is 0 Å². The van der Waals surface area contributed by atoms with Gasteiger partial charge < -0.3 is 15.0 Å². The maximum absolute atomic E-state index is 12.2. The zero-order valence-corrected chi connectivity index (χ0v) is 12.4. The lowest BCUT2D eigenvalue weighted by molar-refractivity contribution is 0.00594. The molecule has 2 rings (SSSR count). The van der Waals surface area contributed by atoms with E-state index in [1.165, 1.54) is 17.9 Å². The van der Waals surface area contributed by atoms with E-state index < -0.39 is 5.60 Å². The number of nitrogens with one attached hydrogen (secondary N) is 1. The fourth-order valence-electron chi connectivity index (χ4n) is 2.55. The summed E-state index contributed by atoms with van der Waals surface area (Å²) < 4.78 is 5.52. The highest BCUT2D eigenvalue weighted by Gasteiger charge is 2.36. The number of carbonyl (C=O) groups excluding carboxylic acids is 1. The summed E-state index contributed by atoms with van der Waals surface area (Å²) in [5.74, 6) is 3.02. The van der Waals surface area contributed by atoms with Crippen molar-refractivity contribution >= 4 is 17.9 Å². The normalized spacial score (nSPS) is 29.4. The minimum atomic E-state index is -0.406. The van der Waals surface area contributed by atoms with Crippen molar-refractivity contribution in [1.29, 1.82) is 0 Å². The monoisotopic (exact) mass is 272 g/mol. The van der Waals surface area contributed by atoms with E-state index in [4.69, 9.17) is 4.74 Å². The van der Waals surface area contributed by atoms with Gasteiger partial charge in [-0.05, 0) is 44.6 Å². The van der Waals surface area contributed by atoms with Crippen LogP contribution >= 0.6 is 11.8 Å². The van der Waals surface area contributed by atoms with Crippen LogP contribution in [0.25, 0.3) is 0 Å². The first kappa shape index (κ1) is 14.0. The van der Waals surface area contributed by atoms with Crippen LogP contribution in [-0.4, -0.2) is 53.8 Å². The molecule has 5 heteroatoms. The zero-order chi connectivity index (χ0) is 13.2. The molecule has 4 nitrogen and oxygen atoms in total. The van der Waals surface area contributed by atoms with Gasteiger partial charge in [-0.2, -0.15) is 11.8 Å². The Morgan fingerprint density at radius 2 is 2.22 bits per heavy atom. The number of nitrogens with zero attached hydrogens (tertiary/aromatic N) is 1. The first-order valence-corrected chi connectivity index (χ1v) is 7.91. The Morgan fingerprint density at radius 3 is 2.83 bits per heavy atom. The lowest BCUT2D eigenvalue weighted by atomic mass is 9.96. The standard InChI is InChI=1S/C13H24N2O2S/c1-13(2,3)17-12(16)15-6-5-14-8-11(15)10-4-7-18-9-10/h10-11,14H,4-9H2,1-3H3. The Hall–Kier alpha value is -0.420. The van der Waals surface area contributed by atoms with Crippen LogP contribution in [0.5, 0.6) is 0 Å². The van der Waals surface area contributed by atoms with Crippen LogP contribution in [0.1, 0.15) is 27.2 Å². The SMILES string of the molecule is CC(C)(C)OC(=O)N1CCNCC1C1CCSC1. The molecule has 0 spiro atoms. The van der Waals surface area contributed by atoms with Gasteiger partial charge in [0.2, 0.25) is 0 Å². The molecule has 0 aliphatic carbocycles. The van der Waals surface area contributed by atoms with Crippen LogP contribution in [0.3, 0.4) is 0 Å². The molecule has 2 atom stereocenters. The van der Waals surface area contributed by atoms with Gasteiger partial charge in [0.1, 0.15) is 5.60 Å².